The van der Waals surface area contributed by atoms with E-state index in [-0.39, 0.29) is 0 Å². The van der Waals surface area contributed by atoms with Gasteiger partial charge in [0.2, 0.25) is 0 Å². The lowest BCUT2D eigenvalue weighted by Gasteiger charge is -2.26. The Balaban J connectivity index is 1.04. The molecule has 0 unspecified atom stereocenters. The summed E-state index contributed by atoms with van der Waals surface area (Å²) >= 11 is 0. The molecule has 0 atom stereocenters. The molecule has 0 bridgehead atoms. The standard InChI is InChI=1S/C50H40N2/c1-5-13-39(14-6-1)37-41-21-29-47(30-22-41)51(45-17-9-3-10-18-45)49-33-25-43(26-34-49)44-27-35-50(36-28-44)52(46-19-11-4-12-20-46)48-31-23-42(24-32-48)38-40-15-7-2-8-16-40/h1-36H,37-38H2. The average molecular weight is 669 g/mol. The van der Waals surface area contributed by atoms with Crippen LogP contribution in [-0.2, 0) is 12.8 Å². The summed E-state index contributed by atoms with van der Waals surface area (Å²) < 4.78 is 0. The van der Waals surface area contributed by atoms with Gasteiger partial charge in [0.15, 0.2) is 0 Å². The highest BCUT2D eigenvalue weighted by Crippen LogP contribution is 2.38. The molecular formula is C50H40N2. The van der Waals surface area contributed by atoms with E-state index in [1.807, 2.05) is 0 Å². The molecule has 0 aliphatic rings. The summed E-state index contributed by atoms with van der Waals surface area (Å²) in [5.74, 6) is 0. The van der Waals surface area contributed by atoms with E-state index in [1.54, 1.807) is 0 Å². The van der Waals surface area contributed by atoms with Crippen LogP contribution in [0.4, 0.5) is 34.1 Å². The van der Waals surface area contributed by atoms with Gasteiger partial charge in [0.1, 0.15) is 0 Å². The maximum absolute atomic E-state index is 2.32. The molecule has 0 saturated heterocycles. The molecule has 8 aromatic carbocycles. The van der Waals surface area contributed by atoms with Crippen molar-refractivity contribution in [3.05, 3.63) is 241 Å². The molecule has 2 heteroatoms. The average Bonchev–Trinajstić information content (AvgIpc) is 3.22. The Kier molecular flexibility index (Phi) is 9.70. The summed E-state index contributed by atoms with van der Waals surface area (Å²) in [4.78, 5) is 4.64. The summed E-state index contributed by atoms with van der Waals surface area (Å²) in [5.41, 5.74) is 14.4. The molecule has 0 aromatic heterocycles. The van der Waals surface area contributed by atoms with Crippen molar-refractivity contribution >= 4 is 34.1 Å². The first-order valence-electron chi connectivity index (χ1n) is 17.9. The van der Waals surface area contributed by atoms with Crippen LogP contribution in [0, 0.1) is 0 Å². The molecule has 2 nitrogen and oxygen atoms in total. The number of para-hydroxylation sites is 2. The Hall–Kier alpha value is -6.64. The summed E-state index contributed by atoms with van der Waals surface area (Å²) in [5, 5.41) is 0. The summed E-state index contributed by atoms with van der Waals surface area (Å²) in [6.07, 6.45) is 1.84. The molecule has 0 saturated carbocycles. The second-order valence-corrected chi connectivity index (χ2v) is 13.1. The highest BCUT2D eigenvalue weighted by molar-refractivity contribution is 5.80. The van der Waals surface area contributed by atoms with Gasteiger partial charge < -0.3 is 9.80 Å². The smallest absolute Gasteiger partial charge is 0.0462 e. The first-order valence-corrected chi connectivity index (χ1v) is 17.9. The lowest BCUT2D eigenvalue weighted by atomic mass is 10.0. The van der Waals surface area contributed by atoms with Crippen molar-refractivity contribution in [3.63, 3.8) is 0 Å². The molecule has 0 spiro atoms. The van der Waals surface area contributed by atoms with Crippen LogP contribution in [0.3, 0.4) is 0 Å². The Morgan fingerprint density at radius 3 is 0.750 bits per heavy atom. The Morgan fingerprint density at radius 1 is 0.212 bits per heavy atom. The Morgan fingerprint density at radius 2 is 0.442 bits per heavy atom. The van der Waals surface area contributed by atoms with Crippen LogP contribution in [-0.4, -0.2) is 0 Å². The van der Waals surface area contributed by atoms with Gasteiger partial charge in [0, 0.05) is 34.1 Å². The zero-order valence-electron chi connectivity index (χ0n) is 29.1. The van der Waals surface area contributed by atoms with Crippen molar-refractivity contribution < 1.29 is 0 Å². The fraction of sp³-hybridized carbons (Fsp3) is 0.0400. The monoisotopic (exact) mass is 668 g/mol. The molecule has 52 heavy (non-hydrogen) atoms. The number of hydrogen-bond acceptors (Lipinski definition) is 2. The third-order valence-electron chi connectivity index (χ3n) is 9.50. The molecule has 250 valence electrons. The number of hydrogen-bond donors (Lipinski definition) is 0. The maximum Gasteiger partial charge on any atom is 0.0462 e. The number of rotatable bonds is 11. The molecule has 0 heterocycles. The van der Waals surface area contributed by atoms with Crippen LogP contribution < -0.4 is 9.80 Å². The third kappa shape index (κ3) is 7.57. The first kappa shape index (κ1) is 32.6. The quantitative estimate of drug-likeness (QED) is 0.135. The summed E-state index contributed by atoms with van der Waals surface area (Å²) in [7, 11) is 0. The van der Waals surface area contributed by atoms with Crippen molar-refractivity contribution in [2.75, 3.05) is 9.80 Å². The highest BCUT2D eigenvalue weighted by atomic mass is 15.1. The van der Waals surface area contributed by atoms with E-state index in [2.05, 4.69) is 228 Å². The van der Waals surface area contributed by atoms with Gasteiger partial charge in [-0.2, -0.15) is 0 Å². The molecule has 0 amide bonds. The molecule has 0 aliphatic heterocycles. The van der Waals surface area contributed by atoms with Crippen molar-refractivity contribution in [1.29, 1.82) is 0 Å². The van der Waals surface area contributed by atoms with Gasteiger partial charge in [-0.1, -0.05) is 146 Å². The summed E-state index contributed by atoms with van der Waals surface area (Å²) in [6, 6.07) is 78.2. The van der Waals surface area contributed by atoms with Crippen molar-refractivity contribution in [2.45, 2.75) is 12.8 Å². The minimum Gasteiger partial charge on any atom is -0.311 e. The molecule has 8 aromatic rings. The van der Waals surface area contributed by atoms with Gasteiger partial charge in [-0.05, 0) is 119 Å². The van der Waals surface area contributed by atoms with E-state index in [9.17, 15) is 0 Å². The van der Waals surface area contributed by atoms with Crippen LogP contribution in [0.25, 0.3) is 11.1 Å². The first-order chi connectivity index (χ1) is 25.8. The minimum atomic E-state index is 0.921. The molecule has 8 rings (SSSR count). The molecule has 0 fully saturated rings. The SMILES string of the molecule is c1ccc(Cc2ccc(N(c3ccccc3)c3ccc(-c4ccc(N(c5ccccc5)c5ccc(Cc6ccccc6)cc5)cc4)cc3)cc2)cc1. The van der Waals surface area contributed by atoms with Crippen molar-refractivity contribution in [3.8, 4) is 11.1 Å². The minimum absolute atomic E-state index is 0.921. The van der Waals surface area contributed by atoms with E-state index in [4.69, 9.17) is 0 Å². The second-order valence-electron chi connectivity index (χ2n) is 13.1. The third-order valence-corrected chi connectivity index (χ3v) is 9.50. The van der Waals surface area contributed by atoms with Gasteiger partial charge in [-0.3, -0.25) is 0 Å². The predicted octanol–water partition coefficient (Wildman–Crippen LogP) is 13.5. The van der Waals surface area contributed by atoms with Gasteiger partial charge in [0.25, 0.3) is 0 Å². The zero-order valence-corrected chi connectivity index (χ0v) is 29.1. The van der Waals surface area contributed by atoms with E-state index >= 15 is 0 Å². The van der Waals surface area contributed by atoms with Gasteiger partial charge >= 0.3 is 0 Å². The van der Waals surface area contributed by atoms with Gasteiger partial charge in [-0.15, -0.1) is 0 Å². The summed E-state index contributed by atoms with van der Waals surface area (Å²) in [6.45, 7) is 0. The van der Waals surface area contributed by atoms with Crippen molar-refractivity contribution in [2.24, 2.45) is 0 Å². The Bertz CT molecular complexity index is 2110. The van der Waals surface area contributed by atoms with Crippen LogP contribution in [0.5, 0.6) is 0 Å². The zero-order chi connectivity index (χ0) is 35.0. The number of anilines is 6. The second kappa shape index (κ2) is 15.5. The topological polar surface area (TPSA) is 6.48 Å². The lowest BCUT2D eigenvalue weighted by Crippen LogP contribution is -2.10. The van der Waals surface area contributed by atoms with Crippen LogP contribution in [0.1, 0.15) is 22.3 Å². The van der Waals surface area contributed by atoms with Crippen LogP contribution in [0.2, 0.25) is 0 Å². The Labute approximate surface area is 307 Å². The van der Waals surface area contributed by atoms with Crippen molar-refractivity contribution in [1.82, 2.24) is 0 Å². The fourth-order valence-corrected chi connectivity index (χ4v) is 6.84. The van der Waals surface area contributed by atoms with Gasteiger partial charge in [-0.25, -0.2) is 0 Å². The van der Waals surface area contributed by atoms with E-state index < -0.39 is 0 Å². The number of benzene rings is 8. The van der Waals surface area contributed by atoms with E-state index in [0.29, 0.717) is 0 Å². The highest BCUT2D eigenvalue weighted by Gasteiger charge is 2.15. The molecular weight excluding hydrogens is 629 g/mol. The van der Waals surface area contributed by atoms with E-state index in [1.165, 1.54) is 33.4 Å². The van der Waals surface area contributed by atoms with Crippen LogP contribution in [0.15, 0.2) is 218 Å². The normalized spacial score (nSPS) is 10.8. The molecule has 0 N–H and O–H groups in total. The molecule has 0 aliphatic carbocycles. The molecule has 0 radical (unpaired) electrons. The largest absolute Gasteiger partial charge is 0.311 e. The fourth-order valence-electron chi connectivity index (χ4n) is 6.84. The lowest BCUT2D eigenvalue weighted by molar-refractivity contribution is 1.18. The number of nitrogens with zero attached hydrogens (tertiary/aromatic N) is 2. The van der Waals surface area contributed by atoms with Gasteiger partial charge in [0.05, 0.1) is 0 Å². The van der Waals surface area contributed by atoms with Crippen LogP contribution >= 0.6 is 0 Å². The predicted molar refractivity (Wildman–Crippen MR) is 220 cm³/mol. The maximum atomic E-state index is 2.32. The van der Waals surface area contributed by atoms with E-state index in [0.717, 1.165) is 47.0 Å².